The van der Waals surface area contributed by atoms with Crippen molar-refractivity contribution in [2.45, 2.75) is 84.2 Å². The Morgan fingerprint density at radius 2 is 1.51 bits per heavy atom. The predicted octanol–water partition coefficient (Wildman–Crippen LogP) is 7.44. The monoisotopic (exact) mass is 474 g/mol. The third-order valence-electron chi connectivity index (χ3n) is 11.6. The van der Waals surface area contributed by atoms with Gasteiger partial charge in [-0.3, -0.25) is 4.79 Å². The average molecular weight is 475 g/mol. The molecule has 0 bridgehead atoms. The Morgan fingerprint density at radius 3 is 2.31 bits per heavy atom. The van der Waals surface area contributed by atoms with Crippen LogP contribution in [0.4, 0.5) is 0 Å². The SMILES string of the molecule is COc1ccc2cc(C(=O)[C@H]3CC[C@H]4[C@@H]5CC[C@H]6C[C@](C)(O)CC[C@@H]6[C@@]5(C)CC[C@]34C)ccc2c1. The van der Waals surface area contributed by atoms with Gasteiger partial charge < -0.3 is 9.84 Å². The average Bonchev–Trinajstić information content (AvgIpc) is 3.19. The molecule has 1 N–H and O–H groups in total. The Hall–Kier alpha value is -1.87. The normalized spacial score (nSPS) is 42.7. The Kier molecular flexibility index (Phi) is 5.42. The largest absolute Gasteiger partial charge is 0.497 e. The zero-order chi connectivity index (χ0) is 24.6. The van der Waals surface area contributed by atoms with Gasteiger partial charge in [-0.2, -0.15) is 0 Å². The van der Waals surface area contributed by atoms with E-state index >= 15 is 0 Å². The molecule has 2 aromatic rings. The van der Waals surface area contributed by atoms with Crippen molar-refractivity contribution in [3.05, 3.63) is 42.0 Å². The zero-order valence-corrected chi connectivity index (χ0v) is 22.0. The number of ether oxygens (including phenoxy) is 1. The summed E-state index contributed by atoms with van der Waals surface area (Å²) < 4.78 is 5.37. The lowest BCUT2D eigenvalue weighted by Crippen LogP contribution is -2.56. The number of hydrogen-bond acceptors (Lipinski definition) is 3. The molecule has 0 radical (unpaired) electrons. The summed E-state index contributed by atoms with van der Waals surface area (Å²) in [6.45, 7) is 7.09. The van der Waals surface area contributed by atoms with Gasteiger partial charge in [-0.05, 0) is 128 Å². The smallest absolute Gasteiger partial charge is 0.166 e. The topological polar surface area (TPSA) is 46.5 Å². The number of ketones is 1. The quantitative estimate of drug-likeness (QED) is 0.470. The first-order valence-corrected chi connectivity index (χ1v) is 14.0. The minimum absolute atomic E-state index is 0.114. The van der Waals surface area contributed by atoms with Crippen molar-refractivity contribution in [1.82, 2.24) is 0 Å². The number of carbonyl (C=O) groups is 1. The summed E-state index contributed by atoms with van der Waals surface area (Å²) in [4.78, 5) is 14.0. The summed E-state index contributed by atoms with van der Waals surface area (Å²) in [5, 5.41) is 13.0. The van der Waals surface area contributed by atoms with Crippen molar-refractivity contribution in [2.75, 3.05) is 7.11 Å². The van der Waals surface area contributed by atoms with Crippen LogP contribution in [0.3, 0.4) is 0 Å². The second kappa shape index (κ2) is 8.07. The van der Waals surface area contributed by atoms with Gasteiger partial charge >= 0.3 is 0 Å². The van der Waals surface area contributed by atoms with Crippen molar-refractivity contribution < 1.29 is 14.6 Å². The van der Waals surface area contributed by atoms with Crippen LogP contribution in [0.15, 0.2) is 36.4 Å². The fourth-order valence-electron chi connectivity index (χ4n) is 9.67. The van der Waals surface area contributed by atoms with Crippen molar-refractivity contribution in [1.29, 1.82) is 0 Å². The first-order valence-electron chi connectivity index (χ1n) is 14.0. The van der Waals surface area contributed by atoms with Gasteiger partial charge in [-0.25, -0.2) is 0 Å². The van der Waals surface area contributed by atoms with E-state index in [0.717, 1.165) is 53.2 Å². The fourth-order valence-corrected chi connectivity index (χ4v) is 9.67. The molecule has 6 rings (SSSR count). The van der Waals surface area contributed by atoms with Crippen LogP contribution >= 0.6 is 0 Å². The molecule has 8 atom stereocenters. The lowest BCUT2D eigenvalue weighted by atomic mass is 9.43. The molecule has 3 nitrogen and oxygen atoms in total. The predicted molar refractivity (Wildman–Crippen MR) is 141 cm³/mol. The van der Waals surface area contributed by atoms with Crippen LogP contribution in [-0.4, -0.2) is 23.6 Å². The highest BCUT2D eigenvalue weighted by atomic mass is 16.5. The first kappa shape index (κ1) is 23.5. The van der Waals surface area contributed by atoms with Crippen LogP contribution in [0.25, 0.3) is 10.8 Å². The Labute approximate surface area is 210 Å². The number of hydrogen-bond donors (Lipinski definition) is 1. The molecule has 0 aliphatic heterocycles. The molecule has 4 aliphatic rings. The van der Waals surface area contributed by atoms with E-state index in [-0.39, 0.29) is 11.3 Å². The molecule has 4 fully saturated rings. The van der Waals surface area contributed by atoms with Crippen LogP contribution in [0, 0.1) is 40.4 Å². The molecule has 0 spiro atoms. The maximum absolute atomic E-state index is 14.0. The molecule has 4 saturated carbocycles. The molecule has 35 heavy (non-hydrogen) atoms. The van der Waals surface area contributed by atoms with Gasteiger partial charge in [-0.1, -0.05) is 32.0 Å². The molecule has 0 heterocycles. The minimum Gasteiger partial charge on any atom is -0.497 e. The molecule has 3 heteroatoms. The maximum atomic E-state index is 14.0. The van der Waals surface area contributed by atoms with E-state index in [1.807, 2.05) is 25.1 Å². The van der Waals surface area contributed by atoms with Crippen molar-refractivity contribution in [2.24, 2.45) is 40.4 Å². The number of aliphatic hydroxyl groups is 1. The van der Waals surface area contributed by atoms with Gasteiger partial charge in [0.25, 0.3) is 0 Å². The lowest BCUT2D eigenvalue weighted by Gasteiger charge is -2.62. The number of carbonyl (C=O) groups excluding carboxylic acids is 1. The highest BCUT2D eigenvalue weighted by Crippen LogP contribution is 2.69. The Balaban J connectivity index is 1.26. The van der Waals surface area contributed by atoms with E-state index in [4.69, 9.17) is 4.74 Å². The minimum atomic E-state index is -0.469. The van der Waals surface area contributed by atoms with Crippen LogP contribution in [0.2, 0.25) is 0 Å². The number of rotatable bonds is 3. The number of benzene rings is 2. The summed E-state index contributed by atoms with van der Waals surface area (Å²) in [5.41, 5.74) is 0.900. The fraction of sp³-hybridized carbons (Fsp3) is 0.656. The highest BCUT2D eigenvalue weighted by Gasteiger charge is 2.62. The second-order valence-electron chi connectivity index (χ2n) is 13.3. The summed E-state index contributed by atoms with van der Waals surface area (Å²) in [6, 6.07) is 12.3. The van der Waals surface area contributed by atoms with Crippen LogP contribution in [0.5, 0.6) is 5.75 Å². The van der Waals surface area contributed by atoms with E-state index in [0.29, 0.717) is 23.0 Å². The first-order chi connectivity index (χ1) is 16.6. The molecule has 0 amide bonds. The Morgan fingerprint density at radius 1 is 0.829 bits per heavy atom. The molecule has 0 saturated heterocycles. The molecule has 2 aromatic carbocycles. The second-order valence-corrected chi connectivity index (χ2v) is 13.3. The van der Waals surface area contributed by atoms with E-state index in [2.05, 4.69) is 32.0 Å². The third kappa shape index (κ3) is 3.59. The van der Waals surface area contributed by atoms with Gasteiger partial charge in [0, 0.05) is 11.5 Å². The van der Waals surface area contributed by atoms with E-state index in [1.54, 1.807) is 7.11 Å². The van der Waals surface area contributed by atoms with Gasteiger partial charge in [0.2, 0.25) is 0 Å². The Bertz CT molecular complexity index is 1150. The van der Waals surface area contributed by atoms with Crippen molar-refractivity contribution in [3.63, 3.8) is 0 Å². The molecule has 4 aliphatic carbocycles. The van der Waals surface area contributed by atoms with E-state index in [1.165, 1.54) is 38.5 Å². The molecular formula is C32H42O3. The van der Waals surface area contributed by atoms with E-state index in [9.17, 15) is 9.90 Å². The summed E-state index contributed by atoms with van der Waals surface area (Å²) in [5.74, 6) is 4.16. The molecule has 0 aromatic heterocycles. The highest BCUT2D eigenvalue weighted by molar-refractivity contribution is 6.02. The summed E-state index contributed by atoms with van der Waals surface area (Å²) >= 11 is 0. The zero-order valence-electron chi connectivity index (χ0n) is 22.0. The van der Waals surface area contributed by atoms with Crippen molar-refractivity contribution in [3.8, 4) is 5.75 Å². The van der Waals surface area contributed by atoms with Gasteiger partial charge in [0.1, 0.15) is 5.75 Å². The van der Waals surface area contributed by atoms with Gasteiger partial charge in [0.15, 0.2) is 5.78 Å². The number of methoxy groups -OCH3 is 1. The number of fused-ring (bicyclic) bond motifs is 6. The number of Topliss-reactive ketones (excluding diaryl/α,β-unsaturated/α-hetero) is 1. The standard InChI is InChI=1S/C32H42O3/c1-30(34)14-13-25-23(19-30)8-10-26-27-11-12-28(32(27,3)16-15-31(25,26)2)29(33)22-6-5-21-18-24(35-4)9-7-20(21)17-22/h5-7,9,17-18,23,25-28,34H,8,10-16,19H2,1-4H3/t23-,25-,26-,27-,28+,30+,31+,32-/m0/s1. The van der Waals surface area contributed by atoms with Gasteiger partial charge in [0.05, 0.1) is 12.7 Å². The van der Waals surface area contributed by atoms with Crippen LogP contribution < -0.4 is 4.74 Å². The van der Waals surface area contributed by atoms with Gasteiger partial charge in [-0.15, -0.1) is 0 Å². The summed E-state index contributed by atoms with van der Waals surface area (Å²) in [7, 11) is 1.69. The molecule has 0 unspecified atom stereocenters. The van der Waals surface area contributed by atoms with Crippen molar-refractivity contribution >= 4 is 16.6 Å². The maximum Gasteiger partial charge on any atom is 0.166 e. The third-order valence-corrected chi connectivity index (χ3v) is 11.6. The lowest BCUT2D eigenvalue weighted by molar-refractivity contribution is -0.145. The molecular weight excluding hydrogens is 432 g/mol. The van der Waals surface area contributed by atoms with E-state index < -0.39 is 5.60 Å². The van der Waals surface area contributed by atoms with Crippen LogP contribution in [-0.2, 0) is 0 Å². The van der Waals surface area contributed by atoms with Crippen LogP contribution in [0.1, 0.15) is 88.9 Å². The summed E-state index contributed by atoms with van der Waals surface area (Å²) in [6.07, 6.45) is 10.3. The molecule has 188 valence electrons.